The number of aromatic nitrogens is 1. The van der Waals surface area contributed by atoms with Crippen LogP contribution in [-0.4, -0.2) is 17.5 Å². The second-order valence-electron chi connectivity index (χ2n) is 5.16. The van der Waals surface area contributed by atoms with Gasteiger partial charge in [0.25, 0.3) is 5.91 Å². The number of anilines is 1. The Balaban J connectivity index is 1.65. The van der Waals surface area contributed by atoms with Gasteiger partial charge < -0.3 is 10.1 Å². The monoisotopic (exact) mass is 370 g/mol. The summed E-state index contributed by atoms with van der Waals surface area (Å²) in [6.07, 6.45) is 1.64. The van der Waals surface area contributed by atoms with E-state index in [2.05, 4.69) is 26.2 Å². The smallest absolute Gasteiger partial charge is 0.263 e. The summed E-state index contributed by atoms with van der Waals surface area (Å²) < 4.78 is 6.60. The van der Waals surface area contributed by atoms with Crippen LogP contribution in [0.1, 0.15) is 5.56 Å². The molecule has 0 fully saturated rings. The van der Waals surface area contributed by atoms with E-state index >= 15 is 0 Å². The molecule has 0 aliphatic rings. The van der Waals surface area contributed by atoms with E-state index in [9.17, 15) is 4.79 Å². The molecule has 3 rings (SSSR count). The van der Waals surface area contributed by atoms with Gasteiger partial charge in [0.1, 0.15) is 11.6 Å². The summed E-state index contributed by atoms with van der Waals surface area (Å²) in [7, 11) is 0. The SMILES string of the molecule is Cc1cccnc1NC(=O)COc1ccc2cc(Br)ccc2c1. The first-order valence-electron chi connectivity index (χ1n) is 7.15. The number of halogens is 1. The number of aryl methyl sites for hydroxylation is 1. The van der Waals surface area contributed by atoms with Gasteiger partial charge in [0, 0.05) is 10.7 Å². The number of pyridine rings is 1. The van der Waals surface area contributed by atoms with Crippen LogP contribution in [0.5, 0.6) is 5.75 Å². The fraction of sp³-hybridized carbons (Fsp3) is 0.111. The van der Waals surface area contributed by atoms with Crippen molar-refractivity contribution >= 4 is 38.4 Å². The summed E-state index contributed by atoms with van der Waals surface area (Å²) >= 11 is 3.45. The van der Waals surface area contributed by atoms with Crippen LogP contribution >= 0.6 is 15.9 Å². The van der Waals surface area contributed by atoms with Crippen LogP contribution in [0.2, 0.25) is 0 Å². The quantitative estimate of drug-likeness (QED) is 0.743. The third-order valence-electron chi connectivity index (χ3n) is 3.41. The average Bonchev–Trinajstić information content (AvgIpc) is 2.55. The minimum absolute atomic E-state index is 0.0575. The third-order valence-corrected chi connectivity index (χ3v) is 3.90. The molecule has 0 spiro atoms. The van der Waals surface area contributed by atoms with E-state index in [1.165, 1.54) is 0 Å². The number of carbonyl (C=O) groups is 1. The van der Waals surface area contributed by atoms with E-state index in [1.54, 1.807) is 6.20 Å². The van der Waals surface area contributed by atoms with Gasteiger partial charge in [-0.1, -0.05) is 34.1 Å². The number of benzene rings is 2. The van der Waals surface area contributed by atoms with Crippen molar-refractivity contribution in [1.82, 2.24) is 4.98 Å². The summed E-state index contributed by atoms with van der Waals surface area (Å²) in [4.78, 5) is 16.1. The van der Waals surface area contributed by atoms with Crippen molar-refractivity contribution in [3.8, 4) is 5.75 Å². The number of nitrogens with one attached hydrogen (secondary N) is 1. The molecule has 4 nitrogen and oxygen atoms in total. The van der Waals surface area contributed by atoms with Gasteiger partial charge in [-0.3, -0.25) is 4.79 Å². The van der Waals surface area contributed by atoms with Crippen LogP contribution in [0, 0.1) is 6.92 Å². The lowest BCUT2D eigenvalue weighted by Crippen LogP contribution is -2.21. The van der Waals surface area contributed by atoms with Crippen LogP contribution in [-0.2, 0) is 4.79 Å². The van der Waals surface area contributed by atoms with E-state index in [-0.39, 0.29) is 12.5 Å². The minimum Gasteiger partial charge on any atom is -0.484 e. The molecule has 0 saturated heterocycles. The van der Waals surface area contributed by atoms with Crippen molar-refractivity contribution < 1.29 is 9.53 Å². The molecule has 1 heterocycles. The van der Waals surface area contributed by atoms with Gasteiger partial charge >= 0.3 is 0 Å². The van der Waals surface area contributed by atoms with Crippen molar-refractivity contribution in [3.63, 3.8) is 0 Å². The van der Waals surface area contributed by atoms with Crippen molar-refractivity contribution in [2.75, 3.05) is 11.9 Å². The number of hydrogen-bond acceptors (Lipinski definition) is 3. The Kier molecular flexibility index (Phi) is 4.57. The molecule has 1 amide bonds. The Hall–Kier alpha value is -2.40. The summed E-state index contributed by atoms with van der Waals surface area (Å²) in [6.45, 7) is 1.84. The standard InChI is InChI=1S/C18H15BrN2O2/c1-12-3-2-8-20-18(12)21-17(22)11-23-16-7-5-13-9-15(19)6-4-14(13)10-16/h2-10H,11H2,1H3,(H,20,21,22). The maximum Gasteiger partial charge on any atom is 0.263 e. The Morgan fingerprint density at radius 3 is 2.78 bits per heavy atom. The second kappa shape index (κ2) is 6.79. The first-order valence-corrected chi connectivity index (χ1v) is 7.95. The maximum absolute atomic E-state index is 12.0. The molecule has 116 valence electrons. The van der Waals surface area contributed by atoms with Gasteiger partial charge in [-0.25, -0.2) is 4.98 Å². The molecule has 0 atom stereocenters. The van der Waals surface area contributed by atoms with Crippen molar-refractivity contribution in [2.45, 2.75) is 6.92 Å². The van der Waals surface area contributed by atoms with Crippen LogP contribution in [0.15, 0.2) is 59.2 Å². The van der Waals surface area contributed by atoms with E-state index in [0.29, 0.717) is 11.6 Å². The van der Waals surface area contributed by atoms with Gasteiger partial charge in [-0.15, -0.1) is 0 Å². The number of hydrogen-bond donors (Lipinski definition) is 1. The van der Waals surface area contributed by atoms with E-state index in [1.807, 2.05) is 55.5 Å². The molecule has 0 radical (unpaired) electrons. The van der Waals surface area contributed by atoms with Gasteiger partial charge in [0.2, 0.25) is 0 Å². The third kappa shape index (κ3) is 3.87. The van der Waals surface area contributed by atoms with Gasteiger partial charge in [-0.05, 0) is 53.6 Å². The van der Waals surface area contributed by atoms with Crippen molar-refractivity contribution in [2.24, 2.45) is 0 Å². The lowest BCUT2D eigenvalue weighted by molar-refractivity contribution is -0.118. The van der Waals surface area contributed by atoms with Crippen molar-refractivity contribution in [3.05, 3.63) is 64.8 Å². The molecule has 0 aliphatic carbocycles. The number of ether oxygens (including phenoxy) is 1. The van der Waals surface area contributed by atoms with Gasteiger partial charge in [0.05, 0.1) is 0 Å². The lowest BCUT2D eigenvalue weighted by Gasteiger charge is -2.09. The molecular formula is C18H15BrN2O2. The summed E-state index contributed by atoms with van der Waals surface area (Å²) in [5.74, 6) is 0.986. The average molecular weight is 371 g/mol. The largest absolute Gasteiger partial charge is 0.484 e. The fourth-order valence-corrected chi connectivity index (χ4v) is 2.60. The highest BCUT2D eigenvalue weighted by atomic mass is 79.9. The molecular weight excluding hydrogens is 356 g/mol. The number of rotatable bonds is 4. The highest BCUT2D eigenvalue weighted by molar-refractivity contribution is 9.10. The number of carbonyl (C=O) groups excluding carboxylic acids is 1. The summed E-state index contributed by atoms with van der Waals surface area (Å²) in [5.41, 5.74) is 0.914. The Labute approximate surface area is 142 Å². The van der Waals surface area contributed by atoms with Gasteiger partial charge in [0.15, 0.2) is 6.61 Å². The first kappa shape index (κ1) is 15.5. The second-order valence-corrected chi connectivity index (χ2v) is 6.07. The van der Waals surface area contributed by atoms with Crippen molar-refractivity contribution in [1.29, 1.82) is 0 Å². The minimum atomic E-state index is -0.234. The molecule has 1 N–H and O–H groups in total. The molecule has 0 unspecified atom stereocenters. The Morgan fingerprint density at radius 1 is 1.17 bits per heavy atom. The number of fused-ring (bicyclic) bond motifs is 1. The first-order chi connectivity index (χ1) is 11.1. The maximum atomic E-state index is 12.0. The molecule has 5 heteroatoms. The summed E-state index contributed by atoms with van der Waals surface area (Å²) in [6, 6.07) is 15.5. The molecule has 1 aromatic heterocycles. The Morgan fingerprint density at radius 2 is 1.96 bits per heavy atom. The zero-order valence-electron chi connectivity index (χ0n) is 12.5. The molecule has 0 aliphatic heterocycles. The predicted molar refractivity (Wildman–Crippen MR) is 94.7 cm³/mol. The van der Waals surface area contributed by atoms with E-state index < -0.39 is 0 Å². The molecule has 0 bridgehead atoms. The molecule has 23 heavy (non-hydrogen) atoms. The number of amides is 1. The van der Waals surface area contributed by atoms with E-state index in [4.69, 9.17) is 4.74 Å². The zero-order chi connectivity index (χ0) is 16.2. The van der Waals surface area contributed by atoms with Crippen LogP contribution in [0.4, 0.5) is 5.82 Å². The predicted octanol–water partition coefficient (Wildman–Crippen LogP) is 4.32. The van der Waals surface area contributed by atoms with E-state index in [0.717, 1.165) is 20.8 Å². The topological polar surface area (TPSA) is 51.2 Å². The normalized spacial score (nSPS) is 10.5. The Bertz CT molecular complexity index is 865. The lowest BCUT2D eigenvalue weighted by atomic mass is 10.1. The fourth-order valence-electron chi connectivity index (χ4n) is 2.22. The molecule has 0 saturated carbocycles. The summed E-state index contributed by atoms with van der Waals surface area (Å²) in [5, 5.41) is 4.92. The number of nitrogens with zero attached hydrogens (tertiary/aromatic N) is 1. The molecule has 3 aromatic rings. The van der Waals surface area contributed by atoms with Gasteiger partial charge in [-0.2, -0.15) is 0 Å². The highest BCUT2D eigenvalue weighted by Gasteiger charge is 2.07. The molecule has 2 aromatic carbocycles. The van der Waals surface area contributed by atoms with Crippen LogP contribution < -0.4 is 10.1 Å². The van der Waals surface area contributed by atoms with Crippen LogP contribution in [0.25, 0.3) is 10.8 Å². The zero-order valence-corrected chi connectivity index (χ0v) is 14.1. The van der Waals surface area contributed by atoms with Crippen LogP contribution in [0.3, 0.4) is 0 Å². The highest BCUT2D eigenvalue weighted by Crippen LogP contribution is 2.24.